The molecular formula is C17H24N2O4. The third-order valence-electron chi connectivity index (χ3n) is 4.42. The Morgan fingerprint density at radius 2 is 1.35 bits per heavy atom. The van der Waals surface area contributed by atoms with E-state index in [0.717, 1.165) is 70.0 Å². The smallest absolute Gasteiger partial charge is 0.150 e. The molecule has 0 bridgehead atoms. The van der Waals surface area contributed by atoms with Crippen molar-refractivity contribution in [3.63, 3.8) is 0 Å². The summed E-state index contributed by atoms with van der Waals surface area (Å²) in [5.41, 5.74) is 2.26. The van der Waals surface area contributed by atoms with E-state index in [1.807, 2.05) is 0 Å². The number of hydrogen-bond donors (Lipinski definition) is 1. The number of ether oxygens (including phenoxy) is 2. The van der Waals surface area contributed by atoms with E-state index in [2.05, 4.69) is 9.80 Å². The second-order valence-corrected chi connectivity index (χ2v) is 6.08. The highest BCUT2D eigenvalue weighted by Gasteiger charge is 2.18. The SMILES string of the molecule is O=Cc1cc(CN2CCOCC2)c(O)c(CN2CCOCC2)c1. The first-order valence-electron chi connectivity index (χ1n) is 8.16. The summed E-state index contributed by atoms with van der Waals surface area (Å²) < 4.78 is 10.7. The number of phenolic OH excluding ortho intramolecular Hbond substituents is 1. The number of rotatable bonds is 5. The maximum Gasteiger partial charge on any atom is 0.150 e. The van der Waals surface area contributed by atoms with Crippen LogP contribution in [0, 0.1) is 0 Å². The molecule has 0 aromatic heterocycles. The Bertz CT molecular complexity index is 496. The largest absolute Gasteiger partial charge is 0.507 e. The van der Waals surface area contributed by atoms with E-state index >= 15 is 0 Å². The van der Waals surface area contributed by atoms with Crippen molar-refractivity contribution >= 4 is 6.29 Å². The molecule has 1 aromatic carbocycles. The lowest BCUT2D eigenvalue weighted by Crippen LogP contribution is -2.36. The van der Waals surface area contributed by atoms with Gasteiger partial charge in [-0.15, -0.1) is 0 Å². The monoisotopic (exact) mass is 320 g/mol. The summed E-state index contributed by atoms with van der Waals surface area (Å²) in [6, 6.07) is 3.58. The minimum absolute atomic E-state index is 0.314. The summed E-state index contributed by atoms with van der Waals surface area (Å²) in [6.07, 6.45) is 0.852. The van der Waals surface area contributed by atoms with E-state index in [4.69, 9.17) is 9.47 Å². The second-order valence-electron chi connectivity index (χ2n) is 6.08. The lowest BCUT2D eigenvalue weighted by Gasteiger charge is -2.29. The van der Waals surface area contributed by atoms with E-state index in [1.54, 1.807) is 12.1 Å². The topological polar surface area (TPSA) is 62.2 Å². The van der Waals surface area contributed by atoms with Crippen LogP contribution in [0.1, 0.15) is 21.5 Å². The van der Waals surface area contributed by atoms with Crippen LogP contribution in [0.4, 0.5) is 0 Å². The van der Waals surface area contributed by atoms with Gasteiger partial charge in [0.15, 0.2) is 0 Å². The highest BCUT2D eigenvalue weighted by atomic mass is 16.5. The van der Waals surface area contributed by atoms with Gasteiger partial charge in [0.1, 0.15) is 12.0 Å². The van der Waals surface area contributed by atoms with Gasteiger partial charge in [-0.2, -0.15) is 0 Å². The predicted octanol–water partition coefficient (Wildman–Crippen LogP) is 0.869. The fourth-order valence-electron chi connectivity index (χ4n) is 3.10. The molecular weight excluding hydrogens is 296 g/mol. The van der Waals surface area contributed by atoms with Crippen molar-refractivity contribution in [3.8, 4) is 5.75 Å². The fourth-order valence-corrected chi connectivity index (χ4v) is 3.10. The number of morpholine rings is 2. The molecule has 1 N–H and O–H groups in total. The molecule has 126 valence electrons. The van der Waals surface area contributed by atoms with Crippen LogP contribution in [0.25, 0.3) is 0 Å². The summed E-state index contributed by atoms with van der Waals surface area (Å²) in [5.74, 6) is 0.314. The predicted molar refractivity (Wildman–Crippen MR) is 85.7 cm³/mol. The molecule has 2 aliphatic rings. The molecule has 2 fully saturated rings. The summed E-state index contributed by atoms with van der Waals surface area (Å²) in [5, 5.41) is 10.6. The van der Waals surface area contributed by atoms with E-state index in [1.165, 1.54) is 0 Å². The van der Waals surface area contributed by atoms with Gasteiger partial charge in [0.2, 0.25) is 0 Å². The van der Waals surface area contributed by atoms with Gasteiger partial charge in [-0.05, 0) is 12.1 Å². The molecule has 2 heterocycles. The van der Waals surface area contributed by atoms with Crippen LogP contribution in [-0.4, -0.2) is 73.8 Å². The number of aromatic hydroxyl groups is 1. The van der Waals surface area contributed by atoms with Crippen LogP contribution in [0.2, 0.25) is 0 Å². The quantitative estimate of drug-likeness (QED) is 0.812. The van der Waals surface area contributed by atoms with Gasteiger partial charge in [-0.25, -0.2) is 0 Å². The average Bonchev–Trinajstić information content (AvgIpc) is 2.60. The first kappa shape index (κ1) is 16.4. The van der Waals surface area contributed by atoms with Crippen LogP contribution < -0.4 is 0 Å². The molecule has 0 aliphatic carbocycles. The van der Waals surface area contributed by atoms with Crippen LogP contribution >= 0.6 is 0 Å². The number of nitrogens with zero attached hydrogens (tertiary/aromatic N) is 2. The van der Waals surface area contributed by atoms with Crippen molar-refractivity contribution < 1.29 is 19.4 Å². The molecule has 6 nitrogen and oxygen atoms in total. The zero-order chi connectivity index (χ0) is 16.1. The van der Waals surface area contributed by atoms with Gasteiger partial charge in [0, 0.05) is 56.0 Å². The summed E-state index contributed by atoms with van der Waals surface area (Å²) >= 11 is 0. The number of hydrogen-bond acceptors (Lipinski definition) is 6. The van der Waals surface area contributed by atoms with Crippen molar-refractivity contribution in [1.82, 2.24) is 9.80 Å². The van der Waals surface area contributed by atoms with Crippen molar-refractivity contribution in [2.45, 2.75) is 13.1 Å². The van der Waals surface area contributed by atoms with Crippen molar-refractivity contribution in [2.75, 3.05) is 52.6 Å². The molecule has 2 saturated heterocycles. The van der Waals surface area contributed by atoms with Gasteiger partial charge in [0.25, 0.3) is 0 Å². The Kier molecular flexibility index (Phi) is 5.61. The maximum atomic E-state index is 11.3. The highest BCUT2D eigenvalue weighted by Crippen LogP contribution is 2.27. The number of carbonyl (C=O) groups excluding carboxylic acids is 1. The number of carbonyl (C=O) groups is 1. The van der Waals surface area contributed by atoms with Gasteiger partial charge in [-0.1, -0.05) is 0 Å². The lowest BCUT2D eigenvalue weighted by molar-refractivity contribution is 0.0327. The van der Waals surface area contributed by atoms with E-state index in [0.29, 0.717) is 24.4 Å². The van der Waals surface area contributed by atoms with E-state index in [-0.39, 0.29) is 0 Å². The second kappa shape index (κ2) is 7.88. The van der Waals surface area contributed by atoms with Gasteiger partial charge >= 0.3 is 0 Å². The van der Waals surface area contributed by atoms with Crippen LogP contribution in [0.3, 0.4) is 0 Å². The minimum atomic E-state index is 0.314. The number of benzene rings is 1. The van der Waals surface area contributed by atoms with Crippen LogP contribution in [0.15, 0.2) is 12.1 Å². The first-order valence-corrected chi connectivity index (χ1v) is 8.16. The van der Waals surface area contributed by atoms with Gasteiger partial charge < -0.3 is 14.6 Å². The zero-order valence-corrected chi connectivity index (χ0v) is 13.4. The molecule has 2 aliphatic heterocycles. The summed E-state index contributed by atoms with van der Waals surface area (Å²) in [7, 11) is 0. The number of phenols is 1. The maximum absolute atomic E-state index is 11.3. The number of aldehydes is 1. The standard InChI is InChI=1S/C17H24N2O4/c20-13-14-9-15(11-18-1-5-22-6-2-18)17(21)16(10-14)12-19-3-7-23-8-4-19/h9-10,13,21H,1-8,11-12H2. The van der Waals surface area contributed by atoms with Gasteiger partial charge in [-0.3, -0.25) is 14.6 Å². The Hall–Kier alpha value is -1.47. The summed E-state index contributed by atoms with van der Waals surface area (Å²) in [4.78, 5) is 15.7. The van der Waals surface area contributed by atoms with Crippen molar-refractivity contribution in [2.24, 2.45) is 0 Å². The third-order valence-corrected chi connectivity index (χ3v) is 4.42. The minimum Gasteiger partial charge on any atom is -0.507 e. The summed E-state index contributed by atoms with van der Waals surface area (Å²) in [6.45, 7) is 7.56. The average molecular weight is 320 g/mol. The normalized spacial score (nSPS) is 20.5. The van der Waals surface area contributed by atoms with Gasteiger partial charge in [0.05, 0.1) is 26.4 Å². The molecule has 3 rings (SSSR count). The molecule has 0 radical (unpaired) electrons. The molecule has 1 aromatic rings. The molecule has 0 spiro atoms. The van der Waals surface area contributed by atoms with E-state index in [9.17, 15) is 9.90 Å². The lowest BCUT2D eigenvalue weighted by atomic mass is 10.0. The Morgan fingerprint density at radius 3 is 1.74 bits per heavy atom. The van der Waals surface area contributed by atoms with E-state index < -0.39 is 0 Å². The zero-order valence-electron chi connectivity index (χ0n) is 13.4. The molecule has 0 saturated carbocycles. The molecule has 0 atom stereocenters. The first-order chi connectivity index (χ1) is 11.3. The molecule has 6 heteroatoms. The Labute approximate surface area is 136 Å². The highest BCUT2D eigenvalue weighted by molar-refractivity contribution is 5.76. The Morgan fingerprint density at radius 1 is 0.913 bits per heavy atom. The third kappa shape index (κ3) is 4.29. The van der Waals surface area contributed by atoms with Crippen LogP contribution in [-0.2, 0) is 22.6 Å². The molecule has 0 unspecified atom stereocenters. The van der Waals surface area contributed by atoms with Crippen molar-refractivity contribution in [1.29, 1.82) is 0 Å². The van der Waals surface area contributed by atoms with Crippen molar-refractivity contribution in [3.05, 3.63) is 28.8 Å². The fraction of sp³-hybridized carbons (Fsp3) is 0.588. The molecule has 0 amide bonds. The van der Waals surface area contributed by atoms with Crippen LogP contribution in [0.5, 0.6) is 5.75 Å². The molecule has 23 heavy (non-hydrogen) atoms. The Balaban J connectivity index is 1.77.